The Hall–Kier alpha value is -18.2. The van der Waals surface area contributed by atoms with Crippen LogP contribution in [0.4, 0.5) is 0 Å². The van der Waals surface area contributed by atoms with E-state index >= 15 is 0 Å². The number of ether oxygens (including phenoxy) is 7. The van der Waals surface area contributed by atoms with Gasteiger partial charge in [-0.3, -0.25) is 0 Å². The van der Waals surface area contributed by atoms with Gasteiger partial charge < -0.3 is 212 Å². The number of hydrogen-bond acceptors (Lipinski definition) is 42. The van der Waals surface area contributed by atoms with Crippen LogP contribution in [-0.2, 0) is 6.42 Å². The lowest BCUT2D eigenvalue weighted by atomic mass is 9.70. The first-order chi connectivity index (χ1) is 69.9. The van der Waals surface area contributed by atoms with E-state index in [1.807, 2.05) is 0 Å². The lowest BCUT2D eigenvalue weighted by Crippen LogP contribution is -2.40. The summed E-state index contributed by atoms with van der Waals surface area (Å²) >= 11 is 0. The smallest absolute Gasteiger partial charge is 0.157 e. The molecule has 14 aromatic carbocycles. The maximum atomic E-state index is 13.9. The Morgan fingerprint density at radius 1 is 0.156 bits per heavy atom. The number of aromatic hydroxyl groups is 28. The molecule has 14 aromatic rings. The quantitative estimate of drug-likeness (QED) is 0.0477. The molecule has 0 bridgehead atoms. The van der Waals surface area contributed by atoms with E-state index in [9.17, 15) is 179 Å². The molecule has 0 spiro atoms. The molecule has 0 saturated carbocycles. The van der Waals surface area contributed by atoms with Crippen LogP contribution in [-0.4, -0.2) is 221 Å². The van der Waals surface area contributed by atoms with Crippen molar-refractivity contribution in [3.8, 4) is 201 Å². The van der Waals surface area contributed by atoms with E-state index in [0.717, 1.165) is 133 Å². The van der Waals surface area contributed by atoms with Crippen molar-refractivity contribution in [3.63, 3.8) is 0 Å². The van der Waals surface area contributed by atoms with Gasteiger partial charge in [0.1, 0.15) is 163 Å². The van der Waals surface area contributed by atoms with Crippen LogP contribution in [0.3, 0.4) is 0 Å². The van der Waals surface area contributed by atoms with Crippen molar-refractivity contribution in [1.29, 1.82) is 0 Å². The summed E-state index contributed by atoms with van der Waals surface area (Å²) in [5.74, 6) is -45.0. The predicted octanol–water partition coefficient (Wildman–Crippen LogP) is 10.2. The Kier molecular flexibility index (Phi) is 22.3. The summed E-state index contributed by atoms with van der Waals surface area (Å²) in [7, 11) is 0. The number of aliphatic hydroxyl groups is 7. The summed E-state index contributed by atoms with van der Waals surface area (Å²) in [5, 5.41) is 426. The maximum absolute atomic E-state index is 13.9. The number of hydrogen-bond donors (Lipinski definition) is 35. The van der Waals surface area contributed by atoms with Crippen molar-refractivity contribution in [2.45, 2.75) is 127 Å². The van der Waals surface area contributed by atoms with E-state index in [0.29, 0.717) is 30.3 Å². The molecule has 0 aliphatic carbocycles. The van der Waals surface area contributed by atoms with Crippen LogP contribution in [0.25, 0.3) is 0 Å². The fourth-order valence-electron chi connectivity index (χ4n) is 21.9. The molecule has 758 valence electrons. The largest absolute Gasteiger partial charge is 0.508 e. The van der Waals surface area contributed by atoms with Crippen LogP contribution in [0.15, 0.2) is 176 Å². The molecular weight excluding hydrogens is 1930 g/mol. The second-order valence-electron chi connectivity index (χ2n) is 37.0. The van der Waals surface area contributed by atoms with Gasteiger partial charge in [0.05, 0.1) is 41.6 Å². The van der Waals surface area contributed by atoms with Gasteiger partial charge in [-0.15, -0.1) is 0 Å². The summed E-state index contributed by atoms with van der Waals surface area (Å²) in [6, 6.07) is 26.4. The van der Waals surface area contributed by atoms with Crippen molar-refractivity contribution >= 4 is 0 Å². The third-order valence-corrected chi connectivity index (χ3v) is 28.5. The summed E-state index contributed by atoms with van der Waals surface area (Å²) < 4.78 is 47.0. The Bertz CT molecular complexity index is 7850. The first-order valence-corrected chi connectivity index (χ1v) is 45.0. The highest BCUT2D eigenvalue weighted by atomic mass is 16.5. The van der Waals surface area contributed by atoms with Gasteiger partial charge in [-0.2, -0.15) is 0 Å². The number of benzene rings is 14. The van der Waals surface area contributed by atoms with Crippen molar-refractivity contribution in [2.24, 2.45) is 0 Å². The molecule has 0 fully saturated rings. The first-order valence-electron chi connectivity index (χ1n) is 45.0. The fraction of sp³-hybridized carbons (Fsp3) is 0.200. The first kappa shape index (κ1) is 95.0. The number of aliphatic hydroxyl groups excluding tert-OH is 7. The highest BCUT2D eigenvalue weighted by Crippen LogP contribution is 2.71. The predicted molar refractivity (Wildman–Crippen MR) is 497 cm³/mol. The van der Waals surface area contributed by atoms with Crippen LogP contribution in [0.5, 0.6) is 201 Å². The molecule has 42 heteroatoms. The average molecular weight is 2020 g/mol. The van der Waals surface area contributed by atoms with Gasteiger partial charge in [0.2, 0.25) is 0 Å². The fourth-order valence-corrected chi connectivity index (χ4v) is 21.9. The number of phenols is 28. The highest BCUT2D eigenvalue weighted by Gasteiger charge is 2.59. The Morgan fingerprint density at radius 2 is 0.333 bits per heavy atom. The van der Waals surface area contributed by atoms with Crippen LogP contribution >= 0.6 is 0 Å². The van der Waals surface area contributed by atoms with Crippen LogP contribution in [0, 0.1) is 0 Å². The second kappa shape index (κ2) is 34.6. The molecule has 147 heavy (non-hydrogen) atoms. The zero-order chi connectivity index (χ0) is 104. The van der Waals surface area contributed by atoms with Crippen LogP contribution in [0.2, 0.25) is 0 Å². The summed E-state index contributed by atoms with van der Waals surface area (Å²) in [4.78, 5) is 0. The van der Waals surface area contributed by atoms with Gasteiger partial charge in [-0.25, -0.2) is 0 Å². The Labute approximate surface area is 823 Å². The minimum absolute atomic E-state index is 0.0307. The van der Waals surface area contributed by atoms with E-state index < -0.39 is 401 Å². The molecular formula is C105H86O42. The van der Waals surface area contributed by atoms with Crippen molar-refractivity contribution < 1.29 is 212 Å². The van der Waals surface area contributed by atoms with Crippen molar-refractivity contribution in [3.05, 3.63) is 287 Å². The lowest BCUT2D eigenvalue weighted by Gasteiger charge is -2.45. The van der Waals surface area contributed by atoms with Crippen LogP contribution < -0.4 is 33.2 Å². The summed E-state index contributed by atoms with van der Waals surface area (Å²) in [6.45, 7) is 0. The van der Waals surface area contributed by atoms with E-state index in [4.69, 9.17) is 33.2 Å². The van der Waals surface area contributed by atoms with Gasteiger partial charge in [0.15, 0.2) is 117 Å². The molecule has 0 radical (unpaired) electrons. The number of phenolic OH excluding ortho intramolecular Hbond substituents is 28. The zero-order valence-electron chi connectivity index (χ0n) is 75.0. The molecule has 0 saturated heterocycles. The third-order valence-electron chi connectivity index (χ3n) is 28.5. The van der Waals surface area contributed by atoms with E-state index in [1.165, 1.54) is 12.1 Å². The topological polar surface area (TPSA) is 773 Å². The Balaban J connectivity index is 0.811. The zero-order valence-corrected chi connectivity index (χ0v) is 75.0. The molecule has 35 N–H and O–H groups in total. The molecule has 0 aromatic heterocycles. The molecule has 7 heterocycles. The minimum atomic E-state index is -2.53. The van der Waals surface area contributed by atoms with Gasteiger partial charge >= 0.3 is 0 Å². The third kappa shape index (κ3) is 14.9. The molecule has 20 atom stereocenters. The van der Waals surface area contributed by atoms with Gasteiger partial charge in [-0.1, -0.05) is 42.5 Å². The normalized spacial score (nSPS) is 24.5. The molecule has 7 aliphatic heterocycles. The molecule has 7 aliphatic rings. The van der Waals surface area contributed by atoms with Gasteiger partial charge in [0, 0.05) is 127 Å². The number of rotatable bonds is 13. The summed E-state index contributed by atoms with van der Waals surface area (Å²) in [5.41, 5.74) is -11.3. The molecule has 0 amide bonds. The molecule has 21 rings (SSSR count). The molecule has 42 nitrogen and oxygen atoms in total. The summed E-state index contributed by atoms with van der Waals surface area (Å²) in [6.07, 6.45) is -30.7. The SMILES string of the molecule is Oc1cc(O)c2c(c1)O[C@H](c1ccc(O)c(O)c1)[C@H](O)C2c1c(O)cc(O)c2c1O[C@H](c1ccc(O)c(O)c1)[C@H](O)C2c1c(O)cc(O)c2c1O[C@H](c1ccc(O)c(O)c1)[C@H](O)C2c1c(O)cc(O)c2c1O[C@H](c1ccc(O)c(O)c1)[C@H](O)C2c1c(O)cc(O)c2c1O[C@H](c1ccc(O)c(O)c1)[C@H](O)C2c1c(O)cc(O)c2c1O[C@H](c1ccc(O)c(O)c1)[C@H](O)C2c1c(O)cc(O)c2c1O[C@H](c1ccc(O)c(O)c1)[C@H](O)C2. The maximum Gasteiger partial charge on any atom is 0.157 e. The average Bonchev–Trinajstić information content (AvgIpc) is 0.699. The highest BCUT2D eigenvalue weighted by molar-refractivity contribution is 5.78. The van der Waals surface area contributed by atoms with E-state index in [1.54, 1.807) is 0 Å². The van der Waals surface area contributed by atoms with Crippen molar-refractivity contribution in [2.75, 3.05) is 0 Å². The van der Waals surface area contributed by atoms with Gasteiger partial charge in [-0.05, 0) is 124 Å². The van der Waals surface area contributed by atoms with E-state index in [2.05, 4.69) is 0 Å². The standard InChI is InChI=1S/C105H86O42/c106-38-22-55(122)69-68(23-38)141-94(32-2-9-41(108)49(116)16-32)87(135)81(69)71-57(124)26-59(126)73-83(89(137)96(143-101(71)73)34-4-11-43(110)51(118)18-34)75-61(128)28-63(130)77-85(91(139)98(145-103(75)77)36-6-13-45(112)53(120)20-36)79-65(132)30-66(133)80-86(92(140)99(147-105(79)80)37-7-14-46(113)54(121)21-37)78-64(131)29-62(129)76-84(90(138)97(146-104(76)78)35-5-12-44(111)52(119)19-35)74-60(127)27-58(125)72-82(88(136)95(144-102(72)74)33-3-10-42(109)50(117)17-33)70-56(123)25-47(114)39-24-67(134)93(142-100(39)70)31-1-8-40(107)48(115)15-31/h1-23,25-30,67,81-99,106-140H,24H2/t67-,81?,82?,83?,84?,85?,86?,87-,88-,89-,90-,91-,92-,93-,94-,95-,96-,97-,98-,99-/m1/s1. The minimum Gasteiger partial charge on any atom is -0.508 e. The number of fused-ring (bicyclic) bond motifs is 7. The lowest BCUT2D eigenvalue weighted by molar-refractivity contribution is -0.0116. The van der Waals surface area contributed by atoms with E-state index in [-0.39, 0.29) is 38.9 Å². The van der Waals surface area contributed by atoms with Crippen molar-refractivity contribution in [1.82, 2.24) is 0 Å². The second-order valence-corrected chi connectivity index (χ2v) is 37.0. The Morgan fingerprint density at radius 3 is 0.551 bits per heavy atom. The van der Waals surface area contributed by atoms with Gasteiger partial charge in [0.25, 0.3) is 0 Å². The van der Waals surface area contributed by atoms with Crippen LogP contribution in [0.1, 0.15) is 190 Å². The monoisotopic (exact) mass is 2020 g/mol. The molecule has 6 unspecified atom stereocenters.